The maximum atomic E-state index is 13.2. The highest BCUT2D eigenvalue weighted by Crippen LogP contribution is 2.27. The number of carboxylic acids is 1. The number of carbonyl (C=O) groups excluding carboxylic acids is 3. The van der Waals surface area contributed by atoms with Gasteiger partial charge in [0, 0.05) is 19.3 Å². The van der Waals surface area contributed by atoms with Crippen molar-refractivity contribution in [2.75, 3.05) is 13.2 Å². The summed E-state index contributed by atoms with van der Waals surface area (Å²) in [5.74, 6) is -3.18. The number of aliphatic hydroxyl groups excluding tert-OH is 2. The van der Waals surface area contributed by atoms with Gasteiger partial charge in [0.1, 0.15) is 18.8 Å². The number of aliphatic carboxylic acids is 1. The first kappa shape index (κ1) is 74.9. The van der Waals surface area contributed by atoms with Crippen LogP contribution in [-0.2, 0) is 42.9 Å². The van der Waals surface area contributed by atoms with Crippen molar-refractivity contribution >= 4 is 23.9 Å². The molecule has 0 bridgehead atoms. The zero-order chi connectivity index (χ0) is 58.9. The summed E-state index contributed by atoms with van der Waals surface area (Å²) in [6.07, 6.45) is 61.2. The SMILES string of the molecule is CC/C=C\C/C=C\C/C=C\C/C=C\CCCCC(=O)OC(COC(=O)CCCCCCCCC/C=C\C/C=C\C/C=C\CC)COC1OC(C(=O)O)C(O)C(O)C1OC(=O)CCCCCCCCCCCCCCCCCCCCC. The van der Waals surface area contributed by atoms with Gasteiger partial charge in [-0.25, -0.2) is 4.79 Å². The fourth-order valence-electron chi connectivity index (χ4n) is 9.55. The summed E-state index contributed by atoms with van der Waals surface area (Å²) in [4.78, 5) is 51.3. The van der Waals surface area contributed by atoms with Gasteiger partial charge in [0.05, 0.1) is 6.61 Å². The van der Waals surface area contributed by atoms with Gasteiger partial charge >= 0.3 is 23.9 Å². The van der Waals surface area contributed by atoms with E-state index in [0.29, 0.717) is 19.3 Å². The molecular weight excluding hydrogens is 1020 g/mol. The number of esters is 3. The molecule has 1 heterocycles. The molecule has 0 aromatic heterocycles. The Morgan fingerprint density at radius 2 is 0.778 bits per heavy atom. The summed E-state index contributed by atoms with van der Waals surface area (Å²) < 4.78 is 28.5. The third-order valence-electron chi connectivity index (χ3n) is 14.5. The van der Waals surface area contributed by atoms with Gasteiger partial charge in [0.25, 0.3) is 0 Å². The van der Waals surface area contributed by atoms with Gasteiger partial charge in [-0.15, -0.1) is 0 Å². The predicted molar refractivity (Wildman–Crippen MR) is 331 cm³/mol. The quantitative estimate of drug-likeness (QED) is 0.0228. The molecular formula is C69H116O12. The van der Waals surface area contributed by atoms with Crippen molar-refractivity contribution in [1.29, 1.82) is 0 Å². The summed E-state index contributed by atoms with van der Waals surface area (Å²) in [7, 11) is 0. The van der Waals surface area contributed by atoms with Crippen molar-refractivity contribution in [3.63, 3.8) is 0 Å². The van der Waals surface area contributed by atoms with Crippen LogP contribution in [0.4, 0.5) is 0 Å². The van der Waals surface area contributed by atoms with Crippen LogP contribution in [0.3, 0.4) is 0 Å². The highest BCUT2D eigenvalue weighted by Gasteiger charge is 2.50. The summed E-state index contributed by atoms with van der Waals surface area (Å²) >= 11 is 0. The van der Waals surface area contributed by atoms with E-state index < -0.39 is 67.3 Å². The topological polar surface area (TPSA) is 175 Å². The normalized spacial score (nSPS) is 18.3. The lowest BCUT2D eigenvalue weighted by Crippen LogP contribution is -2.61. The molecule has 81 heavy (non-hydrogen) atoms. The number of carbonyl (C=O) groups is 4. The van der Waals surface area contributed by atoms with Gasteiger partial charge in [0.15, 0.2) is 24.6 Å². The Morgan fingerprint density at radius 1 is 0.420 bits per heavy atom. The molecule has 1 saturated heterocycles. The number of aliphatic hydroxyl groups is 2. The maximum absolute atomic E-state index is 13.2. The van der Waals surface area contributed by atoms with E-state index in [2.05, 4.69) is 106 Å². The van der Waals surface area contributed by atoms with Crippen molar-refractivity contribution < 1.29 is 58.2 Å². The zero-order valence-corrected chi connectivity index (χ0v) is 51.3. The molecule has 0 spiro atoms. The molecule has 0 aliphatic carbocycles. The van der Waals surface area contributed by atoms with E-state index in [0.717, 1.165) is 122 Å². The fraction of sp³-hybridized carbons (Fsp3) is 0.739. The molecule has 6 atom stereocenters. The summed E-state index contributed by atoms with van der Waals surface area (Å²) in [6, 6.07) is 0. The van der Waals surface area contributed by atoms with Crippen molar-refractivity contribution in [3.8, 4) is 0 Å². The van der Waals surface area contributed by atoms with Crippen LogP contribution in [0.5, 0.6) is 0 Å². The Balaban J connectivity index is 2.67. The second-order valence-electron chi connectivity index (χ2n) is 22.0. The third-order valence-corrected chi connectivity index (χ3v) is 14.5. The van der Waals surface area contributed by atoms with E-state index >= 15 is 0 Å². The van der Waals surface area contributed by atoms with Crippen LogP contribution < -0.4 is 0 Å². The number of hydrogen-bond acceptors (Lipinski definition) is 11. The molecule has 6 unspecified atom stereocenters. The molecule has 1 aliphatic heterocycles. The van der Waals surface area contributed by atoms with Gasteiger partial charge in [-0.1, -0.05) is 254 Å². The minimum Gasteiger partial charge on any atom is -0.479 e. The van der Waals surface area contributed by atoms with Crippen LogP contribution in [0.2, 0.25) is 0 Å². The first-order valence-electron chi connectivity index (χ1n) is 32.6. The first-order chi connectivity index (χ1) is 39.6. The maximum Gasteiger partial charge on any atom is 0.335 e. The average Bonchev–Trinajstić information content (AvgIpc) is 3.52. The largest absolute Gasteiger partial charge is 0.479 e. The van der Waals surface area contributed by atoms with E-state index in [1.807, 2.05) is 0 Å². The molecule has 464 valence electrons. The fourth-order valence-corrected chi connectivity index (χ4v) is 9.55. The zero-order valence-electron chi connectivity index (χ0n) is 51.3. The molecule has 0 aromatic rings. The Morgan fingerprint density at radius 3 is 1.21 bits per heavy atom. The molecule has 1 fully saturated rings. The van der Waals surface area contributed by atoms with Crippen molar-refractivity contribution in [2.45, 2.75) is 314 Å². The molecule has 0 aromatic carbocycles. The minimum atomic E-state index is -1.91. The van der Waals surface area contributed by atoms with Crippen LogP contribution in [0, 0.1) is 0 Å². The molecule has 12 nitrogen and oxygen atoms in total. The van der Waals surface area contributed by atoms with Gasteiger partial charge in [-0.05, 0) is 89.9 Å². The third kappa shape index (κ3) is 46.0. The Bertz CT molecular complexity index is 1730. The van der Waals surface area contributed by atoms with Gasteiger partial charge in [0.2, 0.25) is 0 Å². The minimum absolute atomic E-state index is 0.0555. The number of rotatable bonds is 55. The van der Waals surface area contributed by atoms with Crippen LogP contribution in [0.15, 0.2) is 85.1 Å². The lowest BCUT2D eigenvalue weighted by atomic mass is 9.98. The van der Waals surface area contributed by atoms with Crippen molar-refractivity contribution in [2.24, 2.45) is 0 Å². The van der Waals surface area contributed by atoms with Crippen molar-refractivity contribution in [1.82, 2.24) is 0 Å². The van der Waals surface area contributed by atoms with E-state index in [4.69, 9.17) is 23.7 Å². The number of ether oxygens (including phenoxy) is 5. The highest BCUT2D eigenvalue weighted by atomic mass is 16.7. The van der Waals surface area contributed by atoms with Crippen LogP contribution in [0.1, 0.15) is 278 Å². The molecule has 3 N–H and O–H groups in total. The number of unbranched alkanes of at least 4 members (excludes halogenated alkanes) is 27. The van der Waals surface area contributed by atoms with E-state index in [1.165, 1.54) is 96.3 Å². The van der Waals surface area contributed by atoms with E-state index in [9.17, 15) is 34.5 Å². The number of hydrogen-bond donors (Lipinski definition) is 3. The molecule has 1 rings (SSSR count). The lowest BCUT2D eigenvalue weighted by molar-refractivity contribution is -0.301. The van der Waals surface area contributed by atoms with Crippen LogP contribution >= 0.6 is 0 Å². The van der Waals surface area contributed by atoms with Crippen LogP contribution in [-0.4, -0.2) is 89.2 Å². The monoisotopic (exact) mass is 1140 g/mol. The molecule has 0 amide bonds. The van der Waals surface area contributed by atoms with Gasteiger partial charge < -0.3 is 39.0 Å². The average molecular weight is 1140 g/mol. The van der Waals surface area contributed by atoms with E-state index in [-0.39, 0.29) is 25.9 Å². The summed E-state index contributed by atoms with van der Waals surface area (Å²) in [6.45, 7) is 5.76. The second kappa shape index (κ2) is 56.4. The molecule has 0 saturated carbocycles. The molecule has 0 radical (unpaired) electrons. The Hall–Kier alpha value is -4.10. The van der Waals surface area contributed by atoms with Gasteiger partial charge in [-0.3, -0.25) is 14.4 Å². The highest BCUT2D eigenvalue weighted by molar-refractivity contribution is 5.74. The molecule has 1 aliphatic rings. The lowest BCUT2D eigenvalue weighted by Gasteiger charge is -2.40. The van der Waals surface area contributed by atoms with Gasteiger partial charge in [-0.2, -0.15) is 0 Å². The smallest absolute Gasteiger partial charge is 0.335 e. The Labute approximate surface area is 492 Å². The summed E-state index contributed by atoms with van der Waals surface area (Å²) in [5.41, 5.74) is 0. The first-order valence-corrected chi connectivity index (χ1v) is 32.6. The summed E-state index contributed by atoms with van der Waals surface area (Å²) in [5, 5.41) is 31.6. The second-order valence-corrected chi connectivity index (χ2v) is 22.0. The predicted octanol–water partition coefficient (Wildman–Crippen LogP) is 17.5. The number of allylic oxidation sites excluding steroid dienone is 14. The Kier molecular flexibility index (Phi) is 52.1. The van der Waals surface area contributed by atoms with E-state index in [1.54, 1.807) is 0 Å². The standard InChI is InChI=1S/C69H116O12/c1-4-7-10-13-16-19-22-25-28-30-31-33-36-39-42-45-48-51-54-57-63(72)80-67-65(74)64(73)66(68(75)76)81-69(67)78-59-60(79-62(71)56-53-50-47-44-41-38-34-27-24-21-18-15-12-9-6-3)58-77-61(70)55-52-49-46-43-40-37-35-32-29-26-23-20-17-14-11-8-5-2/h8-9,11-12,17-18,20-21,26-27,29,34,41,44,60,64-67,69,73-74H,4-7,10,13-16,19,22-25,28,30-33,35-40,42-43,45-59H2,1-3H3,(H,75,76)/b11-8-,12-9-,20-17-,21-18-,29-26-,34-27-,44-41-. The van der Waals surface area contributed by atoms with Crippen molar-refractivity contribution in [3.05, 3.63) is 85.1 Å². The number of carboxylic acid groups (broad SMARTS) is 1. The molecule has 12 heteroatoms. The van der Waals surface area contributed by atoms with Crippen LogP contribution in [0.25, 0.3) is 0 Å².